The van der Waals surface area contributed by atoms with Gasteiger partial charge in [0, 0.05) is 30.7 Å². The molecule has 0 spiro atoms. The number of hydrogen-bond donors (Lipinski definition) is 2. The Balaban J connectivity index is 1.31. The summed E-state index contributed by atoms with van der Waals surface area (Å²) in [6.07, 6.45) is 3.84. The van der Waals surface area contributed by atoms with Crippen molar-refractivity contribution in [3.63, 3.8) is 0 Å². The number of pyridine rings is 1. The molecule has 3 rings (SSSR count). The number of nitrogens with one attached hydrogen (secondary N) is 2. The van der Waals surface area contributed by atoms with E-state index in [1.54, 1.807) is 17.5 Å². The summed E-state index contributed by atoms with van der Waals surface area (Å²) in [5, 5.41) is 8.46. The van der Waals surface area contributed by atoms with E-state index in [2.05, 4.69) is 32.0 Å². The van der Waals surface area contributed by atoms with Gasteiger partial charge in [0.05, 0.1) is 6.54 Å². The van der Waals surface area contributed by atoms with Gasteiger partial charge in [0.1, 0.15) is 5.82 Å². The summed E-state index contributed by atoms with van der Waals surface area (Å²) in [5.74, 6) is 1.62. The van der Waals surface area contributed by atoms with Gasteiger partial charge in [-0.05, 0) is 48.9 Å². The molecule has 0 radical (unpaired) electrons. The molecule has 5 nitrogen and oxygen atoms in total. The predicted octanol–water partition coefficient (Wildman–Crippen LogP) is 2.24. The highest BCUT2D eigenvalue weighted by Crippen LogP contribution is 2.16. The summed E-state index contributed by atoms with van der Waals surface area (Å²) in [4.78, 5) is 19.9. The van der Waals surface area contributed by atoms with Crippen molar-refractivity contribution in [2.75, 3.05) is 38.0 Å². The summed E-state index contributed by atoms with van der Waals surface area (Å²) in [6.45, 7) is 4.10. The van der Waals surface area contributed by atoms with E-state index >= 15 is 0 Å². The third-order valence-corrected chi connectivity index (χ3v) is 5.18. The van der Waals surface area contributed by atoms with Crippen molar-refractivity contribution in [3.8, 4) is 0 Å². The maximum Gasteiger partial charge on any atom is 0.234 e. The average Bonchev–Trinajstić information content (AvgIpc) is 3.26. The highest BCUT2D eigenvalue weighted by Gasteiger charge is 2.23. The molecule has 0 bridgehead atoms. The SMILES string of the molecule is O=C(CN1CC[C@@H](CNc2ccccn2)C1)NCCc1cccs1. The fourth-order valence-electron chi connectivity index (χ4n) is 2.98. The first-order valence-electron chi connectivity index (χ1n) is 8.46. The number of thiophene rings is 1. The van der Waals surface area contributed by atoms with Gasteiger partial charge in [0.15, 0.2) is 0 Å². The van der Waals surface area contributed by atoms with Crippen LogP contribution < -0.4 is 10.6 Å². The first-order chi connectivity index (χ1) is 11.8. The van der Waals surface area contributed by atoms with Crippen molar-refractivity contribution in [3.05, 3.63) is 46.8 Å². The number of aromatic nitrogens is 1. The molecule has 1 fully saturated rings. The second-order valence-electron chi connectivity index (χ2n) is 6.17. The Hall–Kier alpha value is -1.92. The monoisotopic (exact) mass is 344 g/mol. The molecular weight excluding hydrogens is 320 g/mol. The summed E-state index contributed by atoms with van der Waals surface area (Å²) in [5.41, 5.74) is 0. The van der Waals surface area contributed by atoms with E-state index in [1.807, 2.05) is 24.3 Å². The molecule has 2 aromatic heterocycles. The van der Waals surface area contributed by atoms with Gasteiger partial charge in [-0.15, -0.1) is 11.3 Å². The smallest absolute Gasteiger partial charge is 0.234 e. The number of hydrogen-bond acceptors (Lipinski definition) is 5. The highest BCUT2D eigenvalue weighted by atomic mass is 32.1. The molecule has 0 aliphatic carbocycles. The van der Waals surface area contributed by atoms with Gasteiger partial charge in [-0.2, -0.15) is 0 Å². The number of carbonyl (C=O) groups is 1. The van der Waals surface area contributed by atoms with Gasteiger partial charge >= 0.3 is 0 Å². The Kier molecular flexibility index (Phi) is 6.20. The molecule has 0 aromatic carbocycles. The van der Waals surface area contributed by atoms with E-state index in [-0.39, 0.29) is 5.91 Å². The van der Waals surface area contributed by atoms with E-state index in [9.17, 15) is 4.79 Å². The molecule has 1 aliphatic rings. The number of rotatable bonds is 8. The minimum Gasteiger partial charge on any atom is -0.370 e. The maximum absolute atomic E-state index is 12.0. The van der Waals surface area contributed by atoms with E-state index in [1.165, 1.54) is 4.88 Å². The largest absolute Gasteiger partial charge is 0.370 e. The molecule has 2 N–H and O–H groups in total. The molecular formula is C18H24N4OS. The second kappa shape index (κ2) is 8.80. The van der Waals surface area contributed by atoms with Crippen molar-refractivity contribution in [1.82, 2.24) is 15.2 Å². The lowest BCUT2D eigenvalue weighted by atomic mass is 10.1. The van der Waals surface area contributed by atoms with Crippen LogP contribution in [-0.2, 0) is 11.2 Å². The normalized spacial score (nSPS) is 17.8. The van der Waals surface area contributed by atoms with Crippen LogP contribution in [0.15, 0.2) is 41.9 Å². The Bertz CT molecular complexity index is 617. The van der Waals surface area contributed by atoms with Crippen molar-refractivity contribution in [2.45, 2.75) is 12.8 Å². The third-order valence-electron chi connectivity index (χ3n) is 4.25. The molecule has 1 atom stereocenters. The van der Waals surface area contributed by atoms with Crippen LogP contribution in [0.2, 0.25) is 0 Å². The molecule has 128 valence electrons. The minimum absolute atomic E-state index is 0.130. The van der Waals surface area contributed by atoms with Gasteiger partial charge in [-0.3, -0.25) is 9.69 Å². The lowest BCUT2D eigenvalue weighted by Gasteiger charge is -2.16. The summed E-state index contributed by atoms with van der Waals surface area (Å²) >= 11 is 1.74. The zero-order valence-corrected chi connectivity index (χ0v) is 14.6. The van der Waals surface area contributed by atoms with Crippen LogP contribution in [0.5, 0.6) is 0 Å². The van der Waals surface area contributed by atoms with Gasteiger partial charge in [-0.25, -0.2) is 4.98 Å². The zero-order valence-electron chi connectivity index (χ0n) is 13.8. The van der Waals surface area contributed by atoms with Gasteiger partial charge in [0.2, 0.25) is 5.91 Å². The van der Waals surface area contributed by atoms with Crippen LogP contribution in [0.1, 0.15) is 11.3 Å². The first kappa shape index (κ1) is 16.9. The van der Waals surface area contributed by atoms with E-state index in [4.69, 9.17) is 0 Å². The standard InChI is InChI=1S/C18H24N4OS/c23-18(20-9-6-16-4-3-11-24-16)14-22-10-7-15(13-22)12-21-17-5-1-2-8-19-17/h1-5,8,11,15H,6-7,9-10,12-14H2,(H,19,21)(H,20,23)/t15-/m0/s1. The molecule has 2 aromatic rings. The zero-order chi connectivity index (χ0) is 16.6. The Morgan fingerprint density at radius 2 is 2.29 bits per heavy atom. The summed E-state index contributed by atoms with van der Waals surface area (Å²) < 4.78 is 0. The topological polar surface area (TPSA) is 57.3 Å². The fraction of sp³-hybridized carbons (Fsp3) is 0.444. The van der Waals surface area contributed by atoms with E-state index < -0.39 is 0 Å². The first-order valence-corrected chi connectivity index (χ1v) is 9.34. The lowest BCUT2D eigenvalue weighted by Crippen LogP contribution is -2.37. The summed E-state index contributed by atoms with van der Waals surface area (Å²) in [7, 11) is 0. The Morgan fingerprint density at radius 3 is 3.08 bits per heavy atom. The Labute approximate surface area is 147 Å². The molecule has 0 unspecified atom stereocenters. The number of carbonyl (C=O) groups excluding carboxylic acids is 1. The number of anilines is 1. The van der Waals surface area contributed by atoms with E-state index in [0.717, 1.165) is 44.8 Å². The predicted molar refractivity (Wildman–Crippen MR) is 98.3 cm³/mol. The van der Waals surface area contributed by atoms with Crippen LogP contribution >= 0.6 is 11.3 Å². The van der Waals surface area contributed by atoms with Crippen LogP contribution in [0.4, 0.5) is 5.82 Å². The van der Waals surface area contributed by atoms with Gasteiger partial charge in [0.25, 0.3) is 0 Å². The molecule has 1 amide bonds. The number of nitrogens with zero attached hydrogens (tertiary/aromatic N) is 2. The molecule has 1 saturated heterocycles. The van der Waals surface area contributed by atoms with Crippen LogP contribution in [0, 0.1) is 5.92 Å². The van der Waals surface area contributed by atoms with Crippen LogP contribution in [0.25, 0.3) is 0 Å². The molecule has 24 heavy (non-hydrogen) atoms. The Morgan fingerprint density at radius 1 is 1.33 bits per heavy atom. The number of amides is 1. The molecule has 0 saturated carbocycles. The van der Waals surface area contributed by atoms with Crippen LogP contribution in [0.3, 0.4) is 0 Å². The maximum atomic E-state index is 12.0. The minimum atomic E-state index is 0.130. The second-order valence-corrected chi connectivity index (χ2v) is 7.20. The molecule has 6 heteroatoms. The van der Waals surface area contributed by atoms with Crippen molar-refractivity contribution in [2.24, 2.45) is 5.92 Å². The fourth-order valence-corrected chi connectivity index (χ4v) is 3.69. The molecule has 3 heterocycles. The average molecular weight is 344 g/mol. The van der Waals surface area contributed by atoms with E-state index in [0.29, 0.717) is 12.5 Å². The van der Waals surface area contributed by atoms with Crippen molar-refractivity contribution >= 4 is 23.1 Å². The van der Waals surface area contributed by atoms with Crippen molar-refractivity contribution < 1.29 is 4.79 Å². The quantitative estimate of drug-likeness (QED) is 0.771. The highest BCUT2D eigenvalue weighted by molar-refractivity contribution is 7.09. The summed E-state index contributed by atoms with van der Waals surface area (Å²) in [6, 6.07) is 10.0. The third kappa shape index (κ3) is 5.32. The van der Waals surface area contributed by atoms with Crippen molar-refractivity contribution in [1.29, 1.82) is 0 Å². The lowest BCUT2D eigenvalue weighted by molar-refractivity contribution is -0.122. The van der Waals surface area contributed by atoms with Crippen LogP contribution in [-0.4, -0.2) is 48.5 Å². The van der Waals surface area contributed by atoms with Gasteiger partial charge in [-0.1, -0.05) is 12.1 Å². The number of likely N-dealkylation sites (tertiary alicyclic amines) is 1. The molecule has 1 aliphatic heterocycles. The van der Waals surface area contributed by atoms with Gasteiger partial charge < -0.3 is 10.6 Å².